The molecule has 3 aliphatic rings. The van der Waals surface area contributed by atoms with Crippen LogP contribution in [0.4, 0.5) is 0 Å². The molecule has 1 aromatic rings. The van der Waals surface area contributed by atoms with Gasteiger partial charge in [-0.15, -0.1) is 0 Å². The minimum atomic E-state index is -0.792. The highest BCUT2D eigenvalue weighted by Crippen LogP contribution is 2.52. The molecule has 2 nitrogen and oxygen atoms in total. The largest absolute Gasteiger partial charge is 0.384 e. The van der Waals surface area contributed by atoms with Gasteiger partial charge in [0.05, 0.1) is 6.54 Å². The van der Waals surface area contributed by atoms with Gasteiger partial charge in [0.25, 0.3) is 0 Å². The van der Waals surface area contributed by atoms with Crippen molar-refractivity contribution in [3.8, 4) is 11.8 Å². The standard InChI is InChI=1S/C26H37NO/c1-24(2)17-23-18-25(3,19-24)20-27(23)16-10-9-15-26(28,22-13-7-8-14-22)21-11-5-4-6-12-21/h4-6,11-12,22-23,28H,7-8,13-20H2,1-3H3/t23-,25+,26-/m0/s1. The molecule has 2 aliphatic carbocycles. The molecule has 3 atom stereocenters. The van der Waals surface area contributed by atoms with E-state index in [4.69, 9.17) is 0 Å². The number of aliphatic hydroxyl groups is 1. The van der Waals surface area contributed by atoms with Crippen LogP contribution in [-0.4, -0.2) is 29.1 Å². The van der Waals surface area contributed by atoms with Crippen molar-refractivity contribution in [1.29, 1.82) is 0 Å². The smallest absolute Gasteiger partial charge is 0.103 e. The van der Waals surface area contributed by atoms with Gasteiger partial charge in [-0.05, 0) is 54.4 Å². The van der Waals surface area contributed by atoms with Crippen molar-refractivity contribution in [2.45, 2.75) is 83.8 Å². The molecular formula is C26H37NO. The number of likely N-dealkylation sites (tertiary alicyclic amines) is 1. The Balaban J connectivity index is 1.44. The number of hydrogen-bond donors (Lipinski definition) is 1. The van der Waals surface area contributed by atoms with Gasteiger partial charge in [0.15, 0.2) is 0 Å². The number of hydrogen-bond acceptors (Lipinski definition) is 2. The molecule has 1 aromatic carbocycles. The summed E-state index contributed by atoms with van der Waals surface area (Å²) in [5, 5.41) is 11.6. The predicted octanol–water partition coefficient (Wildman–Crippen LogP) is 5.36. The van der Waals surface area contributed by atoms with Crippen molar-refractivity contribution in [3.63, 3.8) is 0 Å². The number of benzene rings is 1. The number of fused-ring (bicyclic) bond motifs is 2. The Bertz CT molecular complexity index is 739. The van der Waals surface area contributed by atoms with Crippen LogP contribution in [0.15, 0.2) is 30.3 Å². The molecule has 2 heteroatoms. The molecule has 2 saturated carbocycles. The zero-order valence-corrected chi connectivity index (χ0v) is 18.0. The summed E-state index contributed by atoms with van der Waals surface area (Å²) < 4.78 is 0. The molecule has 1 saturated heterocycles. The Hall–Kier alpha value is -1.30. The number of nitrogens with zero attached hydrogens (tertiary/aromatic N) is 1. The highest BCUT2D eigenvalue weighted by Gasteiger charge is 2.49. The number of rotatable bonds is 4. The summed E-state index contributed by atoms with van der Waals surface area (Å²) >= 11 is 0. The Morgan fingerprint density at radius 2 is 1.79 bits per heavy atom. The zero-order valence-electron chi connectivity index (χ0n) is 18.0. The fourth-order valence-corrected chi connectivity index (χ4v) is 6.73. The molecule has 1 aliphatic heterocycles. The highest BCUT2D eigenvalue weighted by atomic mass is 16.3. The van der Waals surface area contributed by atoms with E-state index in [-0.39, 0.29) is 0 Å². The average molecular weight is 380 g/mol. The van der Waals surface area contributed by atoms with Gasteiger partial charge in [0.2, 0.25) is 0 Å². The van der Waals surface area contributed by atoms with Gasteiger partial charge in [-0.2, -0.15) is 0 Å². The molecule has 1 N–H and O–H groups in total. The lowest BCUT2D eigenvalue weighted by atomic mass is 9.65. The van der Waals surface area contributed by atoms with Crippen molar-refractivity contribution >= 4 is 0 Å². The van der Waals surface area contributed by atoms with Gasteiger partial charge >= 0.3 is 0 Å². The maximum absolute atomic E-state index is 11.6. The van der Waals surface area contributed by atoms with E-state index in [1.807, 2.05) is 18.2 Å². The Kier molecular flexibility index (Phi) is 5.36. The molecule has 0 amide bonds. The lowest BCUT2D eigenvalue weighted by Crippen LogP contribution is -2.35. The summed E-state index contributed by atoms with van der Waals surface area (Å²) in [6.45, 7) is 9.35. The van der Waals surface area contributed by atoms with Gasteiger partial charge in [0.1, 0.15) is 5.60 Å². The molecule has 0 aromatic heterocycles. The Labute approximate surface area is 171 Å². The van der Waals surface area contributed by atoms with E-state index in [0.29, 0.717) is 29.2 Å². The van der Waals surface area contributed by atoms with Crippen LogP contribution in [0.2, 0.25) is 0 Å². The third-order valence-corrected chi connectivity index (χ3v) is 7.59. The fourth-order valence-electron chi connectivity index (χ4n) is 6.73. The topological polar surface area (TPSA) is 23.5 Å². The molecular weight excluding hydrogens is 342 g/mol. The molecule has 152 valence electrons. The summed E-state index contributed by atoms with van der Waals surface area (Å²) in [4.78, 5) is 2.61. The molecule has 3 fully saturated rings. The third-order valence-electron chi connectivity index (χ3n) is 7.59. The van der Waals surface area contributed by atoms with Crippen LogP contribution in [-0.2, 0) is 5.60 Å². The third kappa shape index (κ3) is 4.03. The minimum absolute atomic E-state index is 0.343. The summed E-state index contributed by atoms with van der Waals surface area (Å²) in [7, 11) is 0. The average Bonchev–Trinajstić information content (AvgIpc) is 3.25. The first kappa shape index (κ1) is 20.0. The second kappa shape index (κ2) is 7.51. The first-order valence-corrected chi connectivity index (χ1v) is 11.3. The molecule has 0 spiro atoms. The van der Waals surface area contributed by atoms with Crippen LogP contribution in [0.3, 0.4) is 0 Å². The summed E-state index contributed by atoms with van der Waals surface area (Å²) in [6, 6.07) is 10.9. The van der Waals surface area contributed by atoms with E-state index >= 15 is 0 Å². The van der Waals surface area contributed by atoms with Gasteiger partial charge in [0, 0.05) is 19.0 Å². The maximum atomic E-state index is 11.6. The lowest BCUT2D eigenvalue weighted by Gasteiger charge is -2.39. The molecule has 1 heterocycles. The van der Waals surface area contributed by atoms with Gasteiger partial charge < -0.3 is 5.11 Å². The second-order valence-electron chi connectivity index (χ2n) is 10.9. The van der Waals surface area contributed by atoms with Crippen LogP contribution in [0.25, 0.3) is 0 Å². The molecule has 4 rings (SSSR count). The van der Waals surface area contributed by atoms with Crippen LogP contribution in [0.1, 0.15) is 77.7 Å². The van der Waals surface area contributed by atoms with E-state index in [0.717, 1.165) is 24.9 Å². The SMILES string of the molecule is CC1(C)C[C@H]2C[C@@](C)(CN2CC#CC[C@](O)(c2ccccc2)C2CCCC2)C1. The van der Waals surface area contributed by atoms with Crippen LogP contribution < -0.4 is 0 Å². The Morgan fingerprint density at radius 3 is 2.50 bits per heavy atom. The van der Waals surface area contributed by atoms with Crippen LogP contribution in [0, 0.1) is 28.6 Å². The quantitative estimate of drug-likeness (QED) is 0.712. The molecule has 2 bridgehead atoms. The van der Waals surface area contributed by atoms with Crippen molar-refractivity contribution in [2.75, 3.05) is 13.1 Å². The minimum Gasteiger partial charge on any atom is -0.384 e. The van der Waals surface area contributed by atoms with Crippen molar-refractivity contribution in [2.24, 2.45) is 16.7 Å². The van der Waals surface area contributed by atoms with E-state index in [9.17, 15) is 5.11 Å². The van der Waals surface area contributed by atoms with E-state index in [1.54, 1.807) is 0 Å². The summed E-state index contributed by atoms with van der Waals surface area (Å²) in [5.74, 6) is 7.19. The van der Waals surface area contributed by atoms with Crippen molar-refractivity contribution in [3.05, 3.63) is 35.9 Å². The first-order chi connectivity index (χ1) is 13.3. The molecule has 0 radical (unpaired) electrons. The summed E-state index contributed by atoms with van der Waals surface area (Å²) in [5.41, 5.74) is 1.17. The van der Waals surface area contributed by atoms with Crippen LogP contribution in [0.5, 0.6) is 0 Å². The van der Waals surface area contributed by atoms with Crippen LogP contribution >= 0.6 is 0 Å². The van der Waals surface area contributed by atoms with E-state index in [2.05, 4.69) is 49.6 Å². The summed E-state index contributed by atoms with van der Waals surface area (Å²) in [6.07, 6.45) is 9.21. The zero-order chi connectivity index (χ0) is 19.8. The van der Waals surface area contributed by atoms with Gasteiger partial charge in [-0.1, -0.05) is 75.8 Å². The Morgan fingerprint density at radius 1 is 1.07 bits per heavy atom. The van der Waals surface area contributed by atoms with E-state index < -0.39 is 5.60 Å². The lowest BCUT2D eigenvalue weighted by molar-refractivity contribution is -0.0173. The second-order valence-corrected chi connectivity index (χ2v) is 10.9. The van der Waals surface area contributed by atoms with Crippen molar-refractivity contribution < 1.29 is 5.11 Å². The van der Waals surface area contributed by atoms with Gasteiger partial charge in [-0.3, -0.25) is 4.90 Å². The maximum Gasteiger partial charge on any atom is 0.103 e. The van der Waals surface area contributed by atoms with E-state index in [1.165, 1.54) is 38.6 Å². The monoisotopic (exact) mass is 379 g/mol. The molecule has 28 heavy (non-hydrogen) atoms. The van der Waals surface area contributed by atoms with Crippen molar-refractivity contribution in [1.82, 2.24) is 4.90 Å². The molecule has 0 unspecified atom stereocenters. The highest BCUT2D eigenvalue weighted by molar-refractivity contribution is 5.26. The predicted molar refractivity (Wildman–Crippen MR) is 116 cm³/mol. The fraction of sp³-hybridized carbons (Fsp3) is 0.692. The normalized spacial score (nSPS) is 31.9. The van der Waals surface area contributed by atoms with Gasteiger partial charge in [-0.25, -0.2) is 0 Å². The first-order valence-electron chi connectivity index (χ1n) is 11.3.